The molecule has 0 radical (unpaired) electrons. The Labute approximate surface area is 89.9 Å². The summed E-state index contributed by atoms with van der Waals surface area (Å²) >= 11 is 0. The first-order valence-corrected chi connectivity index (χ1v) is 5.26. The van der Waals surface area contributed by atoms with Crippen LogP contribution in [0.25, 0.3) is 0 Å². The quantitative estimate of drug-likeness (QED) is 0.565. The molecule has 1 aliphatic rings. The van der Waals surface area contributed by atoms with Gasteiger partial charge in [-0.05, 0) is 12.3 Å². The van der Waals surface area contributed by atoms with Gasteiger partial charge in [-0.3, -0.25) is 0 Å². The Bertz CT molecular complexity index is 245. The van der Waals surface area contributed by atoms with Gasteiger partial charge in [0.1, 0.15) is 11.9 Å². The van der Waals surface area contributed by atoms with E-state index < -0.39 is 0 Å². The number of hydrogen-bond donors (Lipinski definition) is 1. The second kappa shape index (κ2) is 5.75. The molecule has 0 unspecified atom stereocenters. The lowest BCUT2D eigenvalue weighted by atomic mass is 10.2. The molecule has 0 aromatic heterocycles. The smallest absolute Gasteiger partial charge is 0.334 e. The van der Waals surface area contributed by atoms with Crippen molar-refractivity contribution in [3.8, 4) is 0 Å². The summed E-state index contributed by atoms with van der Waals surface area (Å²) < 4.78 is 10.3. The molecule has 1 rings (SSSR count). The summed E-state index contributed by atoms with van der Waals surface area (Å²) in [6, 6.07) is 0. The molecule has 4 heteroatoms. The van der Waals surface area contributed by atoms with Crippen molar-refractivity contribution in [3.05, 3.63) is 11.8 Å². The molecule has 0 aromatic carbocycles. The highest BCUT2D eigenvalue weighted by atomic mass is 16.5. The number of allylic oxidation sites excluding steroid dienone is 1. The minimum absolute atomic E-state index is 0.00161. The SMILES string of the molecule is CC(C)COC(=O)/C=C1/CC[C@H](CO)O1. The summed E-state index contributed by atoms with van der Waals surface area (Å²) in [6.07, 6.45) is 2.67. The zero-order valence-corrected chi connectivity index (χ0v) is 9.23. The predicted octanol–water partition coefficient (Wildman–Crippen LogP) is 1.24. The van der Waals surface area contributed by atoms with Crippen molar-refractivity contribution in [2.75, 3.05) is 13.2 Å². The molecule has 15 heavy (non-hydrogen) atoms. The third-order valence-electron chi connectivity index (χ3n) is 2.07. The summed E-state index contributed by atoms with van der Waals surface area (Å²) in [5, 5.41) is 8.83. The van der Waals surface area contributed by atoms with E-state index in [2.05, 4.69) is 0 Å². The van der Waals surface area contributed by atoms with Gasteiger partial charge in [0, 0.05) is 6.42 Å². The van der Waals surface area contributed by atoms with Crippen LogP contribution in [0.2, 0.25) is 0 Å². The number of aliphatic hydroxyl groups excluding tert-OH is 1. The number of aliphatic hydroxyl groups is 1. The van der Waals surface area contributed by atoms with Crippen molar-refractivity contribution in [1.29, 1.82) is 0 Å². The maximum Gasteiger partial charge on any atom is 0.334 e. The Kier molecular flexibility index (Phi) is 4.62. The molecule has 0 spiro atoms. The number of carbonyl (C=O) groups excluding carboxylic acids is 1. The third-order valence-corrected chi connectivity index (χ3v) is 2.07. The van der Waals surface area contributed by atoms with E-state index in [0.29, 0.717) is 24.7 Å². The molecular formula is C11H18O4. The van der Waals surface area contributed by atoms with Gasteiger partial charge in [0.15, 0.2) is 0 Å². The standard InChI is InChI=1S/C11H18O4/c1-8(2)7-14-11(13)5-9-3-4-10(6-12)15-9/h5,8,10,12H,3-4,6-7H2,1-2H3/b9-5-/t10-/m1/s1. The van der Waals surface area contributed by atoms with E-state index in [1.54, 1.807) is 0 Å². The van der Waals surface area contributed by atoms with E-state index in [0.717, 1.165) is 6.42 Å². The van der Waals surface area contributed by atoms with Crippen LogP contribution in [0.5, 0.6) is 0 Å². The fourth-order valence-electron chi connectivity index (χ4n) is 1.29. The first-order valence-electron chi connectivity index (χ1n) is 5.26. The van der Waals surface area contributed by atoms with Gasteiger partial charge in [-0.25, -0.2) is 4.79 Å². The van der Waals surface area contributed by atoms with Gasteiger partial charge >= 0.3 is 5.97 Å². The summed E-state index contributed by atoms with van der Waals surface area (Å²) in [6.45, 7) is 4.38. The first-order chi connectivity index (χ1) is 7.11. The van der Waals surface area contributed by atoms with E-state index >= 15 is 0 Å². The van der Waals surface area contributed by atoms with E-state index in [-0.39, 0.29) is 18.7 Å². The third kappa shape index (κ3) is 4.34. The number of carbonyl (C=O) groups is 1. The lowest BCUT2D eigenvalue weighted by Crippen LogP contribution is -2.10. The topological polar surface area (TPSA) is 55.8 Å². The van der Waals surface area contributed by atoms with Crippen molar-refractivity contribution in [2.45, 2.75) is 32.8 Å². The van der Waals surface area contributed by atoms with Crippen LogP contribution in [0, 0.1) is 5.92 Å². The van der Waals surface area contributed by atoms with Crippen LogP contribution in [0.15, 0.2) is 11.8 Å². The van der Waals surface area contributed by atoms with Gasteiger partial charge in [0.2, 0.25) is 0 Å². The minimum atomic E-state index is -0.364. The highest BCUT2D eigenvalue weighted by molar-refractivity contribution is 5.82. The molecule has 1 N–H and O–H groups in total. The van der Waals surface area contributed by atoms with Crippen LogP contribution >= 0.6 is 0 Å². The van der Waals surface area contributed by atoms with Crippen LogP contribution in [0.1, 0.15) is 26.7 Å². The fraction of sp³-hybridized carbons (Fsp3) is 0.727. The molecule has 86 valence electrons. The van der Waals surface area contributed by atoms with Crippen molar-refractivity contribution in [2.24, 2.45) is 5.92 Å². The zero-order chi connectivity index (χ0) is 11.3. The molecule has 0 bridgehead atoms. The van der Waals surface area contributed by atoms with E-state index in [1.807, 2.05) is 13.8 Å². The summed E-state index contributed by atoms with van der Waals surface area (Å²) in [7, 11) is 0. The highest BCUT2D eigenvalue weighted by Gasteiger charge is 2.20. The maximum absolute atomic E-state index is 11.3. The van der Waals surface area contributed by atoms with Crippen molar-refractivity contribution in [3.63, 3.8) is 0 Å². The molecule has 0 aliphatic carbocycles. The molecule has 0 aromatic rings. The largest absolute Gasteiger partial charge is 0.492 e. The second-order valence-corrected chi connectivity index (χ2v) is 4.10. The Morgan fingerprint density at radius 1 is 1.73 bits per heavy atom. The first kappa shape index (κ1) is 12.0. The molecule has 1 heterocycles. The average molecular weight is 214 g/mol. The Balaban J connectivity index is 2.33. The van der Waals surface area contributed by atoms with Crippen LogP contribution < -0.4 is 0 Å². The van der Waals surface area contributed by atoms with E-state index in [4.69, 9.17) is 14.6 Å². The summed E-state index contributed by atoms with van der Waals surface area (Å²) in [5.41, 5.74) is 0. The normalized spacial score (nSPS) is 23.2. The van der Waals surface area contributed by atoms with Gasteiger partial charge < -0.3 is 14.6 Å². The highest BCUT2D eigenvalue weighted by Crippen LogP contribution is 2.22. The lowest BCUT2D eigenvalue weighted by molar-refractivity contribution is -0.139. The van der Waals surface area contributed by atoms with Crippen LogP contribution in [0.4, 0.5) is 0 Å². The van der Waals surface area contributed by atoms with Crippen molar-refractivity contribution >= 4 is 5.97 Å². The monoisotopic (exact) mass is 214 g/mol. The Morgan fingerprint density at radius 3 is 3.00 bits per heavy atom. The molecule has 1 aliphatic heterocycles. The van der Waals surface area contributed by atoms with Gasteiger partial charge in [-0.2, -0.15) is 0 Å². The number of esters is 1. The Hall–Kier alpha value is -1.03. The molecule has 0 amide bonds. The van der Waals surface area contributed by atoms with Crippen molar-refractivity contribution in [1.82, 2.24) is 0 Å². The van der Waals surface area contributed by atoms with Crippen molar-refractivity contribution < 1.29 is 19.4 Å². The second-order valence-electron chi connectivity index (χ2n) is 4.10. The van der Waals surface area contributed by atoms with Crippen LogP contribution in [-0.2, 0) is 14.3 Å². The molecule has 1 saturated heterocycles. The van der Waals surface area contributed by atoms with Gasteiger partial charge in [0.05, 0.1) is 19.3 Å². The molecule has 4 nitrogen and oxygen atoms in total. The fourth-order valence-corrected chi connectivity index (χ4v) is 1.29. The van der Waals surface area contributed by atoms with Crippen LogP contribution in [0.3, 0.4) is 0 Å². The Morgan fingerprint density at radius 2 is 2.47 bits per heavy atom. The molecular weight excluding hydrogens is 196 g/mol. The maximum atomic E-state index is 11.3. The molecule has 0 saturated carbocycles. The lowest BCUT2D eigenvalue weighted by Gasteiger charge is -2.07. The number of ether oxygens (including phenoxy) is 2. The molecule has 1 fully saturated rings. The average Bonchev–Trinajstić information content (AvgIpc) is 2.62. The van der Waals surface area contributed by atoms with Gasteiger partial charge in [0.25, 0.3) is 0 Å². The summed E-state index contributed by atoms with van der Waals surface area (Å²) in [4.78, 5) is 11.3. The van der Waals surface area contributed by atoms with E-state index in [9.17, 15) is 4.79 Å². The van der Waals surface area contributed by atoms with Gasteiger partial charge in [-0.15, -0.1) is 0 Å². The van der Waals surface area contributed by atoms with Gasteiger partial charge in [-0.1, -0.05) is 13.8 Å². The molecule has 1 atom stereocenters. The minimum Gasteiger partial charge on any atom is -0.492 e. The predicted molar refractivity (Wildman–Crippen MR) is 55.1 cm³/mol. The zero-order valence-electron chi connectivity index (χ0n) is 9.23. The van der Waals surface area contributed by atoms with E-state index in [1.165, 1.54) is 6.08 Å². The number of rotatable bonds is 4. The van der Waals surface area contributed by atoms with Crippen LogP contribution in [-0.4, -0.2) is 30.4 Å². The summed E-state index contributed by atoms with van der Waals surface area (Å²) in [5.74, 6) is 0.585. The number of hydrogen-bond acceptors (Lipinski definition) is 4.